The molecule has 0 aliphatic heterocycles. The maximum absolute atomic E-state index is 4.32. The van der Waals surface area contributed by atoms with Crippen LogP contribution in [0.5, 0.6) is 0 Å². The summed E-state index contributed by atoms with van der Waals surface area (Å²) in [6, 6.07) is 2.23. The normalized spacial score (nSPS) is 23.2. The van der Waals surface area contributed by atoms with E-state index in [4.69, 9.17) is 0 Å². The fourth-order valence-electron chi connectivity index (χ4n) is 3.43. The van der Waals surface area contributed by atoms with Crippen molar-refractivity contribution in [3.63, 3.8) is 0 Å². The molecule has 1 heterocycles. The van der Waals surface area contributed by atoms with Gasteiger partial charge in [-0.3, -0.25) is 4.98 Å². The first-order chi connectivity index (χ1) is 10.1. The van der Waals surface area contributed by atoms with E-state index in [-0.39, 0.29) is 0 Å². The summed E-state index contributed by atoms with van der Waals surface area (Å²) in [5.41, 5.74) is 1.38. The molecule has 3 heteroatoms. The summed E-state index contributed by atoms with van der Waals surface area (Å²) in [5, 5.41) is 3.68. The van der Waals surface area contributed by atoms with E-state index in [1.54, 1.807) is 0 Å². The molecule has 0 amide bonds. The number of hydrogen-bond acceptors (Lipinski definition) is 2. The summed E-state index contributed by atoms with van der Waals surface area (Å²) in [7, 11) is 0. The van der Waals surface area contributed by atoms with Crippen molar-refractivity contribution in [2.45, 2.75) is 52.4 Å². The molecule has 21 heavy (non-hydrogen) atoms. The number of rotatable bonds is 6. The first-order valence-corrected chi connectivity index (χ1v) is 9.24. The summed E-state index contributed by atoms with van der Waals surface area (Å²) in [4.78, 5) is 4.32. The van der Waals surface area contributed by atoms with Crippen molar-refractivity contribution in [2.24, 2.45) is 17.8 Å². The van der Waals surface area contributed by atoms with Crippen molar-refractivity contribution in [3.05, 3.63) is 28.5 Å². The Bertz CT molecular complexity index is 419. The highest BCUT2D eigenvalue weighted by Crippen LogP contribution is 2.31. The lowest BCUT2D eigenvalue weighted by atomic mass is 9.83. The number of aromatic nitrogens is 1. The van der Waals surface area contributed by atoms with Gasteiger partial charge in [0.25, 0.3) is 0 Å². The minimum absolute atomic E-state index is 0.739. The molecule has 1 fully saturated rings. The molecule has 0 spiro atoms. The Balaban J connectivity index is 1.94. The fourth-order valence-corrected chi connectivity index (χ4v) is 3.84. The third-order valence-corrected chi connectivity index (χ3v) is 4.97. The Kier molecular flexibility index (Phi) is 7.18. The predicted octanol–water partition coefficient (Wildman–Crippen LogP) is 4.83. The molecular weight excluding hydrogens is 324 g/mol. The van der Waals surface area contributed by atoms with Crippen LogP contribution in [0.15, 0.2) is 22.9 Å². The molecule has 1 N–H and O–H groups in total. The van der Waals surface area contributed by atoms with Crippen molar-refractivity contribution in [3.8, 4) is 0 Å². The molecule has 1 aliphatic carbocycles. The van der Waals surface area contributed by atoms with Crippen LogP contribution in [0.25, 0.3) is 0 Å². The molecule has 1 aliphatic rings. The van der Waals surface area contributed by atoms with Gasteiger partial charge in [-0.05, 0) is 77.7 Å². The third-order valence-electron chi connectivity index (χ3n) is 4.54. The Hall–Kier alpha value is -0.410. The van der Waals surface area contributed by atoms with Crippen molar-refractivity contribution in [1.29, 1.82) is 0 Å². The summed E-state index contributed by atoms with van der Waals surface area (Å²) < 4.78 is 1.10. The second-order valence-electron chi connectivity index (χ2n) is 6.93. The topological polar surface area (TPSA) is 24.9 Å². The van der Waals surface area contributed by atoms with Crippen LogP contribution in [-0.2, 0) is 6.42 Å². The fraction of sp³-hybridized carbons (Fsp3) is 0.722. The van der Waals surface area contributed by atoms with E-state index in [1.165, 1.54) is 50.6 Å². The van der Waals surface area contributed by atoms with E-state index in [0.717, 1.165) is 28.8 Å². The lowest BCUT2D eigenvalue weighted by Gasteiger charge is -2.26. The molecule has 2 atom stereocenters. The van der Waals surface area contributed by atoms with Gasteiger partial charge in [0.2, 0.25) is 0 Å². The zero-order valence-corrected chi connectivity index (χ0v) is 15.0. The van der Waals surface area contributed by atoms with Gasteiger partial charge in [-0.2, -0.15) is 0 Å². The summed E-state index contributed by atoms with van der Waals surface area (Å²) in [6.45, 7) is 6.89. The number of halogens is 1. The van der Waals surface area contributed by atoms with E-state index in [9.17, 15) is 0 Å². The molecule has 0 bridgehead atoms. The van der Waals surface area contributed by atoms with Gasteiger partial charge >= 0.3 is 0 Å². The third kappa shape index (κ3) is 6.07. The molecule has 0 aromatic carbocycles. The second kappa shape index (κ2) is 8.89. The van der Waals surface area contributed by atoms with Crippen molar-refractivity contribution < 1.29 is 0 Å². The van der Waals surface area contributed by atoms with Gasteiger partial charge in [-0.15, -0.1) is 0 Å². The minimum Gasteiger partial charge on any atom is -0.316 e. The van der Waals surface area contributed by atoms with Crippen LogP contribution in [0.3, 0.4) is 0 Å². The van der Waals surface area contributed by atoms with Crippen molar-refractivity contribution in [2.75, 3.05) is 13.1 Å². The second-order valence-corrected chi connectivity index (χ2v) is 7.84. The standard InChI is InChI=1S/C18H29BrN2/c1-14(2)10-20-12-17-7-5-3-4-6-16(17)8-15-9-18(19)13-21-11-15/h9,11,13-14,16-17,20H,3-8,10,12H2,1-2H3. The molecule has 0 radical (unpaired) electrons. The van der Waals surface area contributed by atoms with E-state index >= 15 is 0 Å². The number of nitrogens with one attached hydrogen (secondary N) is 1. The first-order valence-electron chi connectivity index (χ1n) is 8.45. The van der Waals surface area contributed by atoms with Crippen LogP contribution in [0.4, 0.5) is 0 Å². The Morgan fingerprint density at radius 2 is 1.95 bits per heavy atom. The summed E-state index contributed by atoms with van der Waals surface area (Å²) in [6.07, 6.45) is 12.1. The highest BCUT2D eigenvalue weighted by atomic mass is 79.9. The van der Waals surface area contributed by atoms with Crippen molar-refractivity contribution in [1.82, 2.24) is 10.3 Å². The van der Waals surface area contributed by atoms with Gasteiger partial charge in [0.05, 0.1) is 0 Å². The van der Waals surface area contributed by atoms with Gasteiger partial charge in [0.1, 0.15) is 0 Å². The zero-order chi connectivity index (χ0) is 15.1. The van der Waals surface area contributed by atoms with E-state index in [2.05, 4.69) is 46.1 Å². The average Bonchev–Trinajstić information content (AvgIpc) is 2.64. The molecule has 2 rings (SSSR count). The summed E-state index contributed by atoms with van der Waals surface area (Å²) in [5.74, 6) is 2.37. The SMILES string of the molecule is CC(C)CNCC1CCCCCC1Cc1cncc(Br)c1. The monoisotopic (exact) mass is 352 g/mol. The maximum Gasteiger partial charge on any atom is 0.0410 e. The number of pyridine rings is 1. The van der Waals surface area contributed by atoms with Crippen LogP contribution in [0.1, 0.15) is 51.5 Å². The van der Waals surface area contributed by atoms with Gasteiger partial charge in [-0.1, -0.05) is 33.1 Å². The van der Waals surface area contributed by atoms with Crippen molar-refractivity contribution >= 4 is 15.9 Å². The van der Waals surface area contributed by atoms with E-state index in [0.29, 0.717) is 0 Å². The van der Waals surface area contributed by atoms with Gasteiger partial charge in [0, 0.05) is 16.9 Å². The summed E-state index contributed by atoms with van der Waals surface area (Å²) >= 11 is 3.54. The van der Waals surface area contributed by atoms with E-state index < -0.39 is 0 Å². The quantitative estimate of drug-likeness (QED) is 0.741. The molecule has 2 unspecified atom stereocenters. The predicted molar refractivity (Wildman–Crippen MR) is 93.4 cm³/mol. The van der Waals surface area contributed by atoms with Gasteiger partial charge in [0.15, 0.2) is 0 Å². The molecule has 2 nitrogen and oxygen atoms in total. The van der Waals surface area contributed by atoms with Crippen LogP contribution in [0, 0.1) is 17.8 Å². The zero-order valence-electron chi connectivity index (χ0n) is 13.4. The molecule has 0 saturated heterocycles. The lowest BCUT2D eigenvalue weighted by Crippen LogP contribution is -2.31. The van der Waals surface area contributed by atoms with Crippen LogP contribution >= 0.6 is 15.9 Å². The molecular formula is C18H29BrN2. The first kappa shape index (κ1) is 17.0. The van der Waals surface area contributed by atoms with Gasteiger partial charge in [-0.25, -0.2) is 0 Å². The number of nitrogens with zero attached hydrogens (tertiary/aromatic N) is 1. The highest BCUT2D eigenvalue weighted by Gasteiger charge is 2.23. The average molecular weight is 353 g/mol. The Morgan fingerprint density at radius 3 is 2.67 bits per heavy atom. The maximum atomic E-state index is 4.32. The Morgan fingerprint density at radius 1 is 1.19 bits per heavy atom. The Labute approximate surface area is 138 Å². The van der Waals surface area contributed by atoms with E-state index in [1.807, 2.05) is 12.4 Å². The molecule has 118 valence electrons. The van der Waals surface area contributed by atoms with Crippen LogP contribution in [-0.4, -0.2) is 18.1 Å². The van der Waals surface area contributed by atoms with Crippen LogP contribution in [0.2, 0.25) is 0 Å². The van der Waals surface area contributed by atoms with Gasteiger partial charge < -0.3 is 5.32 Å². The lowest BCUT2D eigenvalue weighted by molar-refractivity contribution is 0.293. The highest BCUT2D eigenvalue weighted by molar-refractivity contribution is 9.10. The molecule has 1 aromatic heterocycles. The number of hydrogen-bond donors (Lipinski definition) is 1. The molecule has 1 aromatic rings. The molecule has 1 saturated carbocycles. The largest absolute Gasteiger partial charge is 0.316 e. The van der Waals surface area contributed by atoms with Crippen LogP contribution < -0.4 is 5.32 Å². The minimum atomic E-state index is 0.739. The smallest absolute Gasteiger partial charge is 0.0410 e.